The van der Waals surface area contributed by atoms with Gasteiger partial charge in [-0.25, -0.2) is 4.68 Å². The van der Waals surface area contributed by atoms with Crippen molar-refractivity contribution in [2.75, 3.05) is 5.73 Å². The zero-order chi connectivity index (χ0) is 12.3. The molecule has 2 N–H and O–H groups in total. The molecule has 17 heavy (non-hydrogen) atoms. The molecule has 0 saturated carbocycles. The smallest absolute Gasteiger partial charge is 0.126 e. The van der Waals surface area contributed by atoms with Crippen LogP contribution in [0.15, 0.2) is 30.5 Å². The molecule has 4 heteroatoms. The molecule has 0 atom stereocenters. The Morgan fingerprint density at radius 2 is 2.12 bits per heavy atom. The summed E-state index contributed by atoms with van der Waals surface area (Å²) in [5.41, 5.74) is 9.13. The van der Waals surface area contributed by atoms with Crippen LogP contribution in [-0.2, 0) is 13.0 Å². The molecule has 0 fully saturated rings. The minimum absolute atomic E-state index is 0.305. The summed E-state index contributed by atoms with van der Waals surface area (Å²) >= 11 is 0. The second-order valence-corrected chi connectivity index (χ2v) is 3.97. The van der Waals surface area contributed by atoms with Gasteiger partial charge in [0, 0.05) is 5.56 Å². The normalized spacial score (nSPS) is 10.1. The second kappa shape index (κ2) is 4.71. The fraction of sp³-hybridized carbons (Fsp3) is 0.231. The Morgan fingerprint density at radius 3 is 2.82 bits per heavy atom. The molecule has 0 saturated heterocycles. The average Bonchev–Trinajstić information content (AvgIpc) is 2.65. The van der Waals surface area contributed by atoms with Crippen molar-refractivity contribution in [3.05, 3.63) is 47.2 Å². The third-order valence-corrected chi connectivity index (χ3v) is 2.81. The van der Waals surface area contributed by atoms with Crippen molar-refractivity contribution in [1.82, 2.24) is 9.78 Å². The van der Waals surface area contributed by atoms with Crippen LogP contribution in [0.25, 0.3) is 0 Å². The molecule has 0 aliphatic carbocycles. The van der Waals surface area contributed by atoms with Crippen LogP contribution in [0.4, 0.5) is 5.82 Å². The molecule has 0 aliphatic heterocycles. The lowest BCUT2D eigenvalue weighted by Crippen LogP contribution is -2.07. The summed E-state index contributed by atoms with van der Waals surface area (Å²) in [7, 11) is 0. The Labute approximate surface area is 100 Å². The molecule has 86 valence electrons. The Kier molecular flexibility index (Phi) is 3.10. The van der Waals surface area contributed by atoms with E-state index in [1.807, 2.05) is 12.1 Å². The van der Waals surface area contributed by atoms with Crippen molar-refractivity contribution >= 4 is 5.82 Å². The molecule has 1 heterocycles. The second-order valence-electron chi connectivity index (χ2n) is 3.97. The minimum atomic E-state index is 0.305. The van der Waals surface area contributed by atoms with Crippen LogP contribution < -0.4 is 5.73 Å². The zero-order valence-electron chi connectivity index (χ0n) is 9.72. The average molecular weight is 226 g/mol. The third-order valence-electron chi connectivity index (χ3n) is 2.81. The minimum Gasteiger partial charge on any atom is -0.384 e. The Bertz CT molecular complexity index is 563. The van der Waals surface area contributed by atoms with Gasteiger partial charge < -0.3 is 5.73 Å². The predicted octanol–water partition coefficient (Wildman–Crippen LogP) is 1.89. The molecular weight excluding hydrogens is 212 g/mol. The van der Waals surface area contributed by atoms with Gasteiger partial charge in [0.2, 0.25) is 0 Å². The highest BCUT2D eigenvalue weighted by Gasteiger charge is 2.08. The SMILES string of the molecule is Cc1ccccc1Cn1ncc(CC#N)c1N. The number of rotatable bonds is 3. The molecule has 1 aromatic carbocycles. The first-order valence-corrected chi connectivity index (χ1v) is 5.44. The number of anilines is 1. The molecule has 2 aromatic rings. The number of nitrogen functional groups attached to an aromatic ring is 1. The number of hydrogen-bond acceptors (Lipinski definition) is 3. The summed E-state index contributed by atoms with van der Waals surface area (Å²) in [6, 6.07) is 10.2. The summed E-state index contributed by atoms with van der Waals surface area (Å²) < 4.78 is 1.73. The maximum absolute atomic E-state index is 8.64. The molecule has 2 rings (SSSR count). The quantitative estimate of drug-likeness (QED) is 0.869. The van der Waals surface area contributed by atoms with Gasteiger partial charge in [0.25, 0.3) is 0 Å². The monoisotopic (exact) mass is 226 g/mol. The predicted molar refractivity (Wildman–Crippen MR) is 66.2 cm³/mol. The van der Waals surface area contributed by atoms with Gasteiger partial charge in [-0.3, -0.25) is 0 Å². The molecule has 0 radical (unpaired) electrons. The van der Waals surface area contributed by atoms with Gasteiger partial charge in [-0.1, -0.05) is 24.3 Å². The van der Waals surface area contributed by atoms with E-state index < -0.39 is 0 Å². The van der Waals surface area contributed by atoms with E-state index in [0.717, 1.165) is 5.56 Å². The molecular formula is C13H14N4. The van der Waals surface area contributed by atoms with Crippen molar-refractivity contribution in [2.24, 2.45) is 0 Å². The number of aromatic nitrogens is 2. The number of aryl methyl sites for hydroxylation is 1. The van der Waals surface area contributed by atoms with Gasteiger partial charge in [-0.05, 0) is 18.1 Å². The molecule has 0 aliphatic rings. The van der Waals surface area contributed by atoms with E-state index in [1.165, 1.54) is 11.1 Å². The number of nitrogens with two attached hydrogens (primary N) is 1. The number of hydrogen-bond donors (Lipinski definition) is 1. The summed E-state index contributed by atoms with van der Waals surface area (Å²) in [4.78, 5) is 0. The van der Waals surface area contributed by atoms with E-state index in [2.05, 4.69) is 30.2 Å². The maximum atomic E-state index is 8.64. The summed E-state index contributed by atoms with van der Waals surface area (Å²) in [6.07, 6.45) is 1.97. The molecule has 0 amide bonds. The maximum Gasteiger partial charge on any atom is 0.126 e. The van der Waals surface area contributed by atoms with Crippen LogP contribution in [0.5, 0.6) is 0 Å². The van der Waals surface area contributed by atoms with E-state index in [9.17, 15) is 0 Å². The van der Waals surface area contributed by atoms with Gasteiger partial charge in [-0.15, -0.1) is 0 Å². The van der Waals surface area contributed by atoms with E-state index in [1.54, 1.807) is 10.9 Å². The lowest BCUT2D eigenvalue weighted by Gasteiger charge is -2.07. The van der Waals surface area contributed by atoms with E-state index >= 15 is 0 Å². The van der Waals surface area contributed by atoms with Crippen LogP contribution in [0.3, 0.4) is 0 Å². The van der Waals surface area contributed by atoms with Crippen LogP contribution in [-0.4, -0.2) is 9.78 Å². The Balaban J connectivity index is 2.26. The molecule has 0 spiro atoms. The van der Waals surface area contributed by atoms with Gasteiger partial charge in [0.15, 0.2) is 0 Å². The molecule has 4 nitrogen and oxygen atoms in total. The highest BCUT2D eigenvalue weighted by Crippen LogP contribution is 2.15. The fourth-order valence-electron chi connectivity index (χ4n) is 1.73. The van der Waals surface area contributed by atoms with Crippen LogP contribution in [0, 0.1) is 18.3 Å². The van der Waals surface area contributed by atoms with Crippen LogP contribution >= 0.6 is 0 Å². The van der Waals surface area contributed by atoms with Crippen molar-refractivity contribution in [3.8, 4) is 6.07 Å². The number of nitrogens with zero attached hydrogens (tertiary/aromatic N) is 3. The van der Waals surface area contributed by atoms with Crippen molar-refractivity contribution in [2.45, 2.75) is 19.9 Å². The van der Waals surface area contributed by atoms with Crippen molar-refractivity contribution in [3.63, 3.8) is 0 Å². The first kappa shape index (κ1) is 11.2. The van der Waals surface area contributed by atoms with Crippen molar-refractivity contribution < 1.29 is 0 Å². The summed E-state index contributed by atoms with van der Waals surface area (Å²) in [5, 5.41) is 12.9. The summed E-state index contributed by atoms with van der Waals surface area (Å²) in [5.74, 6) is 0.579. The summed E-state index contributed by atoms with van der Waals surface area (Å²) in [6.45, 7) is 2.70. The van der Waals surface area contributed by atoms with Gasteiger partial charge in [0.1, 0.15) is 5.82 Å². The molecule has 0 unspecified atom stereocenters. The van der Waals surface area contributed by atoms with Crippen LogP contribution in [0.2, 0.25) is 0 Å². The number of nitriles is 1. The van der Waals surface area contributed by atoms with E-state index in [4.69, 9.17) is 11.0 Å². The lowest BCUT2D eigenvalue weighted by molar-refractivity contribution is 0.694. The van der Waals surface area contributed by atoms with E-state index in [0.29, 0.717) is 18.8 Å². The lowest BCUT2D eigenvalue weighted by atomic mass is 10.1. The molecule has 0 bridgehead atoms. The fourth-order valence-corrected chi connectivity index (χ4v) is 1.73. The molecule has 1 aromatic heterocycles. The first-order chi connectivity index (χ1) is 8.22. The topological polar surface area (TPSA) is 67.6 Å². The number of benzene rings is 1. The third kappa shape index (κ3) is 2.28. The van der Waals surface area contributed by atoms with Gasteiger partial charge in [0.05, 0.1) is 25.2 Å². The highest BCUT2D eigenvalue weighted by atomic mass is 15.3. The first-order valence-electron chi connectivity index (χ1n) is 5.44. The zero-order valence-corrected chi connectivity index (χ0v) is 9.72. The van der Waals surface area contributed by atoms with Gasteiger partial charge in [-0.2, -0.15) is 10.4 Å². The standard InChI is InChI=1S/C13H14N4/c1-10-4-2-3-5-12(10)9-17-13(15)11(6-7-14)8-16-17/h2-5,8H,6,9,15H2,1H3. The van der Waals surface area contributed by atoms with Crippen molar-refractivity contribution in [1.29, 1.82) is 5.26 Å². The highest BCUT2D eigenvalue weighted by molar-refractivity contribution is 5.41. The Hall–Kier alpha value is -2.28. The van der Waals surface area contributed by atoms with E-state index in [-0.39, 0.29) is 0 Å². The van der Waals surface area contributed by atoms with Crippen LogP contribution in [0.1, 0.15) is 16.7 Å². The Morgan fingerprint density at radius 1 is 1.35 bits per heavy atom. The van der Waals surface area contributed by atoms with Gasteiger partial charge >= 0.3 is 0 Å². The largest absolute Gasteiger partial charge is 0.384 e.